The molecule has 1 fully saturated rings. The Kier molecular flexibility index (Phi) is 5.52. The zero-order valence-corrected chi connectivity index (χ0v) is 14.0. The third-order valence-electron chi connectivity index (χ3n) is 4.16. The van der Waals surface area contributed by atoms with Crippen LogP contribution in [-0.4, -0.2) is 20.4 Å². The number of halogens is 1. The molecule has 1 aliphatic rings. The fourth-order valence-corrected chi connectivity index (χ4v) is 3.98. The molecule has 8 heteroatoms. The molecule has 0 spiro atoms. The van der Waals surface area contributed by atoms with Gasteiger partial charge in [-0.1, -0.05) is 26.2 Å². The number of nitrogens with two attached hydrogens (primary N) is 1. The van der Waals surface area contributed by atoms with E-state index in [1.165, 1.54) is 19.3 Å². The summed E-state index contributed by atoms with van der Waals surface area (Å²) in [5.41, 5.74) is 0. The van der Waals surface area contributed by atoms with Crippen LogP contribution in [0.2, 0.25) is 5.22 Å². The number of sulfonamides is 1. The van der Waals surface area contributed by atoms with Crippen LogP contribution in [0.4, 0.5) is 0 Å². The predicted molar refractivity (Wildman–Crippen MR) is 83.2 cm³/mol. The van der Waals surface area contributed by atoms with E-state index < -0.39 is 21.1 Å². The first-order chi connectivity index (χ1) is 10.3. The van der Waals surface area contributed by atoms with Gasteiger partial charge in [-0.2, -0.15) is 0 Å². The summed E-state index contributed by atoms with van der Waals surface area (Å²) in [7, 11) is -4.01. The van der Waals surface area contributed by atoms with Gasteiger partial charge in [0.05, 0.1) is 0 Å². The highest BCUT2D eigenvalue weighted by Gasteiger charge is 2.27. The normalized spacial score (nSPS) is 18.1. The Morgan fingerprint density at radius 1 is 1.45 bits per heavy atom. The van der Waals surface area contributed by atoms with Gasteiger partial charge in [0, 0.05) is 12.1 Å². The molecule has 22 heavy (non-hydrogen) atoms. The van der Waals surface area contributed by atoms with Crippen molar-refractivity contribution in [3.63, 3.8) is 0 Å². The van der Waals surface area contributed by atoms with Crippen molar-refractivity contribution in [2.45, 2.75) is 56.4 Å². The molecule has 0 bridgehead atoms. The van der Waals surface area contributed by atoms with Gasteiger partial charge in [-0.05, 0) is 36.8 Å². The Bertz CT molecular complexity index is 635. The van der Waals surface area contributed by atoms with E-state index in [1.807, 2.05) is 6.92 Å². The summed E-state index contributed by atoms with van der Waals surface area (Å²) in [6.45, 7) is 2.02. The summed E-state index contributed by atoms with van der Waals surface area (Å²) in [4.78, 5) is 11.9. The molecule has 0 radical (unpaired) electrons. The van der Waals surface area contributed by atoms with Crippen LogP contribution < -0.4 is 10.5 Å². The maximum Gasteiger partial charge on any atom is 0.287 e. The summed E-state index contributed by atoms with van der Waals surface area (Å²) >= 11 is 5.69. The molecule has 124 valence electrons. The van der Waals surface area contributed by atoms with Crippen LogP contribution in [-0.2, 0) is 10.0 Å². The lowest BCUT2D eigenvalue weighted by atomic mass is 9.83. The van der Waals surface area contributed by atoms with Crippen molar-refractivity contribution in [1.29, 1.82) is 0 Å². The summed E-state index contributed by atoms with van der Waals surface area (Å²) in [6, 6.07) is 1.12. The van der Waals surface area contributed by atoms with Crippen LogP contribution in [0.15, 0.2) is 15.4 Å². The van der Waals surface area contributed by atoms with E-state index in [9.17, 15) is 13.2 Å². The smallest absolute Gasteiger partial charge is 0.287 e. The van der Waals surface area contributed by atoms with Gasteiger partial charge in [0.25, 0.3) is 5.91 Å². The highest BCUT2D eigenvalue weighted by Crippen LogP contribution is 2.29. The van der Waals surface area contributed by atoms with Gasteiger partial charge in [0.2, 0.25) is 15.2 Å². The monoisotopic (exact) mass is 348 g/mol. The van der Waals surface area contributed by atoms with E-state index >= 15 is 0 Å². The van der Waals surface area contributed by atoms with Crippen molar-refractivity contribution in [2.24, 2.45) is 11.1 Å². The number of hydrogen-bond acceptors (Lipinski definition) is 4. The standard InChI is InChI=1S/C14H21ClN2O4S/c1-2-10(9-6-4-3-5-7-9)17-14(18)11-8-12(13(15)21-11)22(16,19)20/h8-10H,2-7H2,1H3,(H,17,18)(H2,16,19,20). The molecule has 1 aromatic rings. The molecule has 2 rings (SSSR count). The molecular weight excluding hydrogens is 328 g/mol. The average Bonchev–Trinajstić information content (AvgIpc) is 2.87. The van der Waals surface area contributed by atoms with Crippen molar-refractivity contribution >= 4 is 27.5 Å². The van der Waals surface area contributed by atoms with Crippen molar-refractivity contribution in [2.75, 3.05) is 0 Å². The van der Waals surface area contributed by atoms with Gasteiger partial charge < -0.3 is 9.73 Å². The van der Waals surface area contributed by atoms with Crippen LogP contribution >= 0.6 is 11.6 Å². The molecular formula is C14H21ClN2O4S. The van der Waals surface area contributed by atoms with Crippen LogP contribution in [0.25, 0.3) is 0 Å². The Morgan fingerprint density at radius 2 is 2.09 bits per heavy atom. The lowest BCUT2D eigenvalue weighted by Crippen LogP contribution is -2.40. The number of carbonyl (C=O) groups is 1. The molecule has 6 nitrogen and oxygen atoms in total. The van der Waals surface area contributed by atoms with Gasteiger partial charge >= 0.3 is 0 Å². The van der Waals surface area contributed by atoms with Gasteiger partial charge in [-0.3, -0.25) is 4.79 Å². The highest BCUT2D eigenvalue weighted by molar-refractivity contribution is 7.89. The molecule has 0 saturated heterocycles. The SMILES string of the molecule is CCC(NC(=O)c1cc(S(N)(=O)=O)c(Cl)o1)C1CCCCC1. The first-order valence-corrected chi connectivity index (χ1v) is 9.38. The fourth-order valence-electron chi connectivity index (χ4n) is 2.99. The Labute approximate surface area is 135 Å². The molecule has 1 unspecified atom stereocenters. The molecule has 1 amide bonds. The topological polar surface area (TPSA) is 102 Å². The lowest BCUT2D eigenvalue weighted by molar-refractivity contribution is 0.0883. The Balaban J connectivity index is 2.11. The summed E-state index contributed by atoms with van der Waals surface area (Å²) in [5, 5.41) is 7.54. The van der Waals surface area contributed by atoms with Gasteiger partial charge in [0.15, 0.2) is 5.76 Å². The van der Waals surface area contributed by atoms with Crippen LogP contribution in [0.3, 0.4) is 0 Å². The molecule has 1 aliphatic carbocycles. The number of hydrogen-bond donors (Lipinski definition) is 2. The Hall–Kier alpha value is -1.05. The third kappa shape index (κ3) is 4.02. The number of nitrogens with one attached hydrogen (secondary N) is 1. The zero-order valence-electron chi connectivity index (χ0n) is 12.5. The van der Waals surface area contributed by atoms with Gasteiger partial charge in [-0.25, -0.2) is 13.6 Å². The highest BCUT2D eigenvalue weighted by atomic mass is 35.5. The van der Waals surface area contributed by atoms with E-state index in [4.69, 9.17) is 21.2 Å². The minimum atomic E-state index is -4.01. The molecule has 0 aromatic carbocycles. The zero-order chi connectivity index (χ0) is 16.3. The fraction of sp³-hybridized carbons (Fsp3) is 0.643. The maximum atomic E-state index is 12.3. The number of rotatable bonds is 5. The Morgan fingerprint density at radius 3 is 2.59 bits per heavy atom. The number of carbonyl (C=O) groups excluding carboxylic acids is 1. The van der Waals surface area contributed by atoms with Gasteiger partial charge in [0.1, 0.15) is 4.90 Å². The van der Waals surface area contributed by atoms with Crippen LogP contribution in [0.1, 0.15) is 56.0 Å². The maximum absolute atomic E-state index is 12.3. The van der Waals surface area contributed by atoms with Crippen LogP contribution in [0.5, 0.6) is 0 Å². The predicted octanol–water partition coefficient (Wildman–Crippen LogP) is 2.67. The number of primary sulfonamides is 1. The lowest BCUT2D eigenvalue weighted by Gasteiger charge is -2.29. The van der Waals surface area contributed by atoms with Crippen LogP contribution in [0, 0.1) is 5.92 Å². The number of amides is 1. The first kappa shape index (κ1) is 17.3. The second kappa shape index (κ2) is 7.02. The first-order valence-electron chi connectivity index (χ1n) is 7.46. The largest absolute Gasteiger partial charge is 0.438 e. The summed E-state index contributed by atoms with van der Waals surface area (Å²) in [5.74, 6) is -0.150. The molecule has 3 N–H and O–H groups in total. The summed E-state index contributed by atoms with van der Waals surface area (Å²) in [6.07, 6.45) is 6.61. The van der Waals surface area contributed by atoms with E-state index in [0.29, 0.717) is 5.92 Å². The summed E-state index contributed by atoms with van der Waals surface area (Å²) < 4.78 is 27.7. The van der Waals surface area contributed by atoms with Crippen molar-refractivity contribution < 1.29 is 17.6 Å². The molecule has 1 aromatic heterocycles. The van der Waals surface area contributed by atoms with E-state index in [0.717, 1.165) is 25.3 Å². The van der Waals surface area contributed by atoms with Gasteiger partial charge in [-0.15, -0.1) is 0 Å². The molecule has 0 aliphatic heterocycles. The van der Waals surface area contributed by atoms with Crippen molar-refractivity contribution in [3.05, 3.63) is 17.0 Å². The van der Waals surface area contributed by atoms with E-state index in [1.54, 1.807) is 0 Å². The van der Waals surface area contributed by atoms with E-state index in [-0.39, 0.29) is 16.7 Å². The quantitative estimate of drug-likeness (QED) is 0.853. The second-order valence-electron chi connectivity index (χ2n) is 5.68. The third-order valence-corrected chi connectivity index (χ3v) is 5.47. The molecule has 1 saturated carbocycles. The molecule has 1 atom stereocenters. The minimum absolute atomic E-state index is 0.0506. The van der Waals surface area contributed by atoms with E-state index in [2.05, 4.69) is 5.32 Å². The van der Waals surface area contributed by atoms with Crippen molar-refractivity contribution in [3.8, 4) is 0 Å². The second-order valence-corrected chi connectivity index (χ2v) is 7.55. The minimum Gasteiger partial charge on any atom is -0.438 e. The number of furan rings is 1. The van der Waals surface area contributed by atoms with Crippen molar-refractivity contribution in [1.82, 2.24) is 5.32 Å². The average molecular weight is 349 g/mol. The molecule has 1 heterocycles.